The van der Waals surface area contributed by atoms with Gasteiger partial charge in [0.05, 0.1) is 22.6 Å². The largest absolute Gasteiger partial charge is 0.478 e. The first-order valence-electron chi connectivity index (χ1n) is 9.32. The molecule has 0 aliphatic carbocycles. The van der Waals surface area contributed by atoms with Gasteiger partial charge in [0.25, 0.3) is 0 Å². The molecule has 0 amide bonds. The van der Waals surface area contributed by atoms with E-state index < -0.39 is 15.7 Å². The Morgan fingerprint density at radius 2 is 2.07 bits per heavy atom. The number of Topliss-reactive ketones (excluding diaryl/α,β-unsaturated/α-hetero) is 1. The molecule has 1 fully saturated rings. The SMILES string of the molecule is O=C1/C(=C/c2cccc(F)c2)Oc2c1ccc1c2CN(C2CCS(=O)(=O)C2)CO1. The number of hydrogen-bond donors (Lipinski definition) is 0. The molecule has 6 nitrogen and oxygen atoms in total. The van der Waals surface area contributed by atoms with Gasteiger partial charge in [-0.25, -0.2) is 12.8 Å². The van der Waals surface area contributed by atoms with Crippen LogP contribution in [0.25, 0.3) is 6.08 Å². The van der Waals surface area contributed by atoms with Crippen LogP contribution in [0.3, 0.4) is 0 Å². The number of ether oxygens (including phenoxy) is 2. The van der Waals surface area contributed by atoms with Crippen LogP contribution in [0.4, 0.5) is 4.39 Å². The Hall–Kier alpha value is -2.71. The van der Waals surface area contributed by atoms with Crippen LogP contribution in [0.15, 0.2) is 42.2 Å². The van der Waals surface area contributed by atoms with Crippen LogP contribution < -0.4 is 9.47 Å². The Morgan fingerprint density at radius 1 is 1.21 bits per heavy atom. The number of allylic oxidation sites excluding steroid dienone is 1. The molecule has 2 aromatic rings. The van der Waals surface area contributed by atoms with Crippen molar-refractivity contribution in [3.63, 3.8) is 0 Å². The molecule has 1 unspecified atom stereocenters. The number of benzene rings is 2. The average Bonchev–Trinajstić information content (AvgIpc) is 3.21. The van der Waals surface area contributed by atoms with Crippen molar-refractivity contribution in [2.75, 3.05) is 18.2 Å². The highest BCUT2D eigenvalue weighted by Gasteiger charge is 2.38. The molecule has 2 aromatic carbocycles. The van der Waals surface area contributed by atoms with Crippen molar-refractivity contribution < 1.29 is 27.1 Å². The predicted octanol–water partition coefficient (Wildman–Crippen LogP) is 2.78. The van der Waals surface area contributed by atoms with Gasteiger partial charge in [-0.15, -0.1) is 0 Å². The summed E-state index contributed by atoms with van der Waals surface area (Å²) < 4.78 is 48.8. The molecule has 8 heteroatoms. The van der Waals surface area contributed by atoms with Crippen molar-refractivity contribution in [3.05, 3.63) is 64.7 Å². The van der Waals surface area contributed by atoms with E-state index in [-0.39, 0.29) is 29.1 Å². The Labute approximate surface area is 167 Å². The van der Waals surface area contributed by atoms with Crippen LogP contribution >= 0.6 is 0 Å². The minimum absolute atomic E-state index is 0.108. The number of rotatable bonds is 2. The zero-order valence-corrected chi connectivity index (χ0v) is 16.2. The summed E-state index contributed by atoms with van der Waals surface area (Å²) in [5, 5.41) is 0. The summed E-state index contributed by atoms with van der Waals surface area (Å²) in [6.45, 7) is 0.741. The molecule has 3 aliphatic heterocycles. The van der Waals surface area contributed by atoms with Crippen LogP contribution in [0.1, 0.15) is 27.9 Å². The maximum atomic E-state index is 13.5. The van der Waals surface area contributed by atoms with Gasteiger partial charge >= 0.3 is 0 Å². The van der Waals surface area contributed by atoms with Crippen molar-refractivity contribution in [1.82, 2.24) is 4.90 Å². The van der Waals surface area contributed by atoms with Gasteiger partial charge in [0.2, 0.25) is 5.78 Å². The summed E-state index contributed by atoms with van der Waals surface area (Å²) >= 11 is 0. The van der Waals surface area contributed by atoms with Crippen LogP contribution in [-0.4, -0.2) is 43.4 Å². The third kappa shape index (κ3) is 3.32. The van der Waals surface area contributed by atoms with Gasteiger partial charge in [-0.1, -0.05) is 12.1 Å². The van der Waals surface area contributed by atoms with E-state index in [4.69, 9.17) is 9.47 Å². The summed E-state index contributed by atoms with van der Waals surface area (Å²) in [5.74, 6) is 0.818. The van der Waals surface area contributed by atoms with Crippen molar-refractivity contribution in [3.8, 4) is 11.5 Å². The summed E-state index contributed by atoms with van der Waals surface area (Å²) in [6, 6.07) is 9.21. The van der Waals surface area contributed by atoms with E-state index in [2.05, 4.69) is 0 Å². The van der Waals surface area contributed by atoms with Gasteiger partial charge in [0, 0.05) is 12.6 Å². The van der Waals surface area contributed by atoms with Gasteiger partial charge in [-0.2, -0.15) is 0 Å². The Balaban J connectivity index is 1.46. The fourth-order valence-electron chi connectivity index (χ4n) is 4.02. The van der Waals surface area contributed by atoms with Gasteiger partial charge in [0.1, 0.15) is 24.0 Å². The molecule has 0 spiro atoms. The quantitative estimate of drug-likeness (QED) is 0.703. The molecule has 1 saturated heterocycles. The lowest BCUT2D eigenvalue weighted by molar-refractivity contribution is 0.0634. The molecule has 29 heavy (non-hydrogen) atoms. The number of fused-ring (bicyclic) bond motifs is 3. The summed E-state index contributed by atoms with van der Waals surface area (Å²) in [6.07, 6.45) is 2.09. The van der Waals surface area contributed by atoms with E-state index >= 15 is 0 Å². The second kappa shape index (κ2) is 6.67. The van der Waals surface area contributed by atoms with E-state index in [1.165, 1.54) is 18.2 Å². The zero-order valence-electron chi connectivity index (χ0n) is 15.4. The van der Waals surface area contributed by atoms with Gasteiger partial charge < -0.3 is 9.47 Å². The highest BCUT2D eigenvalue weighted by atomic mass is 32.2. The molecule has 0 N–H and O–H groups in total. The number of carbonyl (C=O) groups excluding carboxylic acids is 1. The Bertz CT molecular complexity index is 1160. The molecule has 0 bridgehead atoms. The third-order valence-corrected chi connectivity index (χ3v) is 7.27. The number of nitrogens with zero attached hydrogens (tertiary/aromatic N) is 1. The first-order valence-corrected chi connectivity index (χ1v) is 11.1. The van der Waals surface area contributed by atoms with Crippen molar-refractivity contribution in [2.45, 2.75) is 19.0 Å². The van der Waals surface area contributed by atoms with E-state index in [0.717, 1.165) is 5.56 Å². The fraction of sp³-hybridized carbons (Fsp3) is 0.286. The van der Waals surface area contributed by atoms with Crippen molar-refractivity contribution in [1.29, 1.82) is 0 Å². The first kappa shape index (κ1) is 18.3. The lowest BCUT2D eigenvalue weighted by atomic mass is 10.0. The lowest BCUT2D eigenvalue weighted by Gasteiger charge is -2.33. The molecule has 150 valence electrons. The molecule has 0 radical (unpaired) electrons. The topological polar surface area (TPSA) is 72.9 Å². The van der Waals surface area contributed by atoms with Gasteiger partial charge in [0.15, 0.2) is 15.6 Å². The first-order chi connectivity index (χ1) is 13.9. The lowest BCUT2D eigenvalue weighted by Crippen LogP contribution is -2.41. The molecule has 3 aliphatic rings. The fourth-order valence-corrected chi connectivity index (χ4v) is 5.78. The number of ketones is 1. The molecule has 1 atom stereocenters. The molecule has 3 heterocycles. The molecule has 5 rings (SSSR count). The average molecular weight is 415 g/mol. The Kier molecular flexibility index (Phi) is 4.22. The van der Waals surface area contributed by atoms with Crippen LogP contribution in [0, 0.1) is 5.82 Å². The van der Waals surface area contributed by atoms with Crippen LogP contribution in [-0.2, 0) is 16.4 Å². The highest BCUT2D eigenvalue weighted by Crippen LogP contribution is 2.42. The molecular weight excluding hydrogens is 397 g/mol. The Morgan fingerprint density at radius 3 is 2.83 bits per heavy atom. The van der Waals surface area contributed by atoms with E-state index in [1.54, 1.807) is 24.3 Å². The summed E-state index contributed by atoms with van der Waals surface area (Å²) in [4.78, 5) is 14.7. The van der Waals surface area contributed by atoms with Gasteiger partial charge in [-0.05, 0) is 42.3 Å². The molecule has 0 saturated carbocycles. The van der Waals surface area contributed by atoms with Crippen LogP contribution in [0.5, 0.6) is 11.5 Å². The summed E-state index contributed by atoms with van der Waals surface area (Å²) in [7, 11) is -3.01. The van der Waals surface area contributed by atoms with E-state index in [1.807, 2.05) is 4.90 Å². The maximum Gasteiger partial charge on any atom is 0.231 e. The minimum Gasteiger partial charge on any atom is -0.478 e. The van der Waals surface area contributed by atoms with E-state index in [0.29, 0.717) is 42.3 Å². The van der Waals surface area contributed by atoms with Crippen molar-refractivity contribution in [2.24, 2.45) is 0 Å². The zero-order chi connectivity index (χ0) is 20.2. The predicted molar refractivity (Wildman–Crippen MR) is 104 cm³/mol. The number of carbonyl (C=O) groups is 1. The third-order valence-electron chi connectivity index (χ3n) is 5.52. The van der Waals surface area contributed by atoms with E-state index in [9.17, 15) is 17.6 Å². The second-order valence-corrected chi connectivity index (χ2v) is 9.72. The molecular formula is C21H18FNO5S. The highest BCUT2D eigenvalue weighted by molar-refractivity contribution is 7.91. The standard InChI is InChI=1S/C21H18FNO5S/c22-14-3-1-2-13(8-14)9-19-20(24)16-4-5-18-17(21(16)28-19)10-23(12-27-18)15-6-7-29(25,26)11-15/h1-5,8-9,15H,6-7,10-12H2/b19-9-. The number of halogens is 1. The van der Waals surface area contributed by atoms with Crippen molar-refractivity contribution >= 4 is 21.7 Å². The summed E-state index contributed by atoms with van der Waals surface area (Å²) in [5.41, 5.74) is 1.69. The van der Waals surface area contributed by atoms with Gasteiger partial charge in [-0.3, -0.25) is 9.69 Å². The normalized spacial score (nSPS) is 24.1. The molecule has 0 aromatic heterocycles. The monoisotopic (exact) mass is 415 g/mol. The van der Waals surface area contributed by atoms with Crippen LogP contribution in [0.2, 0.25) is 0 Å². The second-order valence-electron chi connectivity index (χ2n) is 7.49. The smallest absolute Gasteiger partial charge is 0.231 e. The number of sulfone groups is 1. The minimum atomic E-state index is -3.01. The number of hydrogen-bond acceptors (Lipinski definition) is 6. The maximum absolute atomic E-state index is 13.5.